The monoisotopic (exact) mass is 343 g/mol. The van der Waals surface area contributed by atoms with Crippen LogP contribution < -0.4 is 4.72 Å². The van der Waals surface area contributed by atoms with Gasteiger partial charge >= 0.3 is 0 Å². The largest absolute Gasteiger partial charge is 0.263 e. The van der Waals surface area contributed by atoms with Crippen LogP contribution in [0.1, 0.15) is 17.2 Å². The van der Waals surface area contributed by atoms with Crippen molar-refractivity contribution in [3.63, 3.8) is 0 Å². The minimum atomic E-state index is -3.70. The maximum Gasteiger partial charge on any atom is 0.263 e. The molecule has 0 unspecified atom stereocenters. The van der Waals surface area contributed by atoms with Crippen molar-refractivity contribution >= 4 is 15.8 Å². The molecule has 0 spiro atoms. The van der Waals surface area contributed by atoms with Crippen LogP contribution in [0.25, 0.3) is 5.82 Å². The Hall–Kier alpha value is -2.74. The van der Waals surface area contributed by atoms with E-state index in [2.05, 4.69) is 19.8 Å². The molecule has 0 aliphatic rings. The normalized spacial score (nSPS) is 11.5. The van der Waals surface area contributed by atoms with Gasteiger partial charge in [-0.15, -0.1) is 0 Å². The second-order valence-corrected chi connectivity index (χ2v) is 7.10. The molecule has 1 aromatic carbocycles. The highest BCUT2D eigenvalue weighted by molar-refractivity contribution is 7.92. The predicted molar refractivity (Wildman–Crippen MR) is 90.6 cm³/mol. The summed E-state index contributed by atoms with van der Waals surface area (Å²) >= 11 is 0. The SMILES string of the molecule is Cc1cc(-n2nc(C)cc2NS(=O)(=O)c2ccccc2)nc(C)n1. The lowest BCUT2D eigenvalue weighted by molar-refractivity contribution is 0.600. The molecule has 3 rings (SSSR count). The summed E-state index contributed by atoms with van der Waals surface area (Å²) in [6, 6.07) is 11.6. The van der Waals surface area contributed by atoms with Gasteiger partial charge in [-0.2, -0.15) is 9.78 Å². The molecule has 0 amide bonds. The van der Waals surface area contributed by atoms with Gasteiger partial charge in [0.05, 0.1) is 10.6 Å². The number of benzene rings is 1. The molecule has 124 valence electrons. The van der Waals surface area contributed by atoms with Gasteiger partial charge in [-0.1, -0.05) is 18.2 Å². The van der Waals surface area contributed by atoms with E-state index in [1.54, 1.807) is 44.2 Å². The van der Waals surface area contributed by atoms with E-state index in [1.807, 2.05) is 6.92 Å². The highest BCUT2D eigenvalue weighted by Crippen LogP contribution is 2.20. The van der Waals surface area contributed by atoms with Crippen LogP contribution in [0, 0.1) is 20.8 Å². The number of nitrogens with zero attached hydrogens (tertiary/aromatic N) is 4. The fourth-order valence-corrected chi connectivity index (χ4v) is 3.40. The lowest BCUT2D eigenvalue weighted by Gasteiger charge is -2.10. The van der Waals surface area contributed by atoms with E-state index < -0.39 is 10.0 Å². The summed E-state index contributed by atoms with van der Waals surface area (Å²) in [4.78, 5) is 8.75. The Morgan fingerprint density at radius 1 is 0.958 bits per heavy atom. The van der Waals surface area contributed by atoms with Crippen LogP contribution in [0.2, 0.25) is 0 Å². The molecular formula is C16H17N5O2S. The zero-order valence-electron chi connectivity index (χ0n) is 13.6. The lowest BCUT2D eigenvalue weighted by atomic mass is 10.4. The molecule has 0 saturated carbocycles. The van der Waals surface area contributed by atoms with Gasteiger partial charge in [0.2, 0.25) is 0 Å². The van der Waals surface area contributed by atoms with E-state index >= 15 is 0 Å². The summed E-state index contributed by atoms with van der Waals surface area (Å²) in [6.07, 6.45) is 0. The second kappa shape index (κ2) is 6.04. The van der Waals surface area contributed by atoms with E-state index in [0.29, 0.717) is 23.2 Å². The number of rotatable bonds is 4. The maximum atomic E-state index is 12.5. The lowest BCUT2D eigenvalue weighted by Crippen LogP contribution is -2.16. The van der Waals surface area contributed by atoms with Gasteiger partial charge in [0.25, 0.3) is 10.0 Å². The zero-order valence-corrected chi connectivity index (χ0v) is 14.4. The Labute approximate surface area is 140 Å². The Kier molecular flexibility index (Phi) is 4.06. The van der Waals surface area contributed by atoms with Gasteiger partial charge in [-0.25, -0.2) is 18.4 Å². The summed E-state index contributed by atoms with van der Waals surface area (Å²) in [7, 11) is -3.70. The molecule has 0 aliphatic carbocycles. The summed E-state index contributed by atoms with van der Waals surface area (Å²) in [6.45, 7) is 5.42. The van der Waals surface area contributed by atoms with E-state index in [0.717, 1.165) is 5.69 Å². The molecule has 0 atom stereocenters. The molecule has 0 saturated heterocycles. The maximum absolute atomic E-state index is 12.5. The van der Waals surface area contributed by atoms with E-state index in [1.165, 1.54) is 16.8 Å². The standard InChI is InChI=1S/C16H17N5O2S/c1-11-9-15(18-13(3)17-11)21-16(10-12(2)19-21)20-24(22,23)14-7-5-4-6-8-14/h4-10,20H,1-3H3. The average Bonchev–Trinajstić information content (AvgIpc) is 2.87. The van der Waals surface area contributed by atoms with Gasteiger partial charge in [-0.3, -0.25) is 4.72 Å². The van der Waals surface area contributed by atoms with Crippen LogP contribution >= 0.6 is 0 Å². The molecule has 3 aromatic rings. The van der Waals surface area contributed by atoms with Gasteiger partial charge < -0.3 is 0 Å². The van der Waals surface area contributed by atoms with Gasteiger partial charge in [0.15, 0.2) is 5.82 Å². The highest BCUT2D eigenvalue weighted by atomic mass is 32.2. The molecule has 8 heteroatoms. The summed E-state index contributed by atoms with van der Waals surface area (Å²) in [5.41, 5.74) is 1.46. The van der Waals surface area contributed by atoms with Crippen LogP contribution in [0.3, 0.4) is 0 Å². The summed E-state index contributed by atoms with van der Waals surface area (Å²) < 4.78 is 29.1. The first-order valence-corrected chi connectivity index (χ1v) is 8.81. The Bertz CT molecular complexity index is 961. The Morgan fingerprint density at radius 2 is 1.67 bits per heavy atom. The Morgan fingerprint density at radius 3 is 2.33 bits per heavy atom. The highest BCUT2D eigenvalue weighted by Gasteiger charge is 2.18. The first-order valence-electron chi connectivity index (χ1n) is 7.32. The third-order valence-corrected chi connectivity index (χ3v) is 4.66. The van der Waals surface area contributed by atoms with E-state index in [-0.39, 0.29) is 4.90 Å². The first kappa shape index (κ1) is 16.1. The molecule has 0 aliphatic heterocycles. The number of hydrogen-bond donors (Lipinski definition) is 1. The molecule has 2 heterocycles. The van der Waals surface area contributed by atoms with Crippen molar-refractivity contribution in [1.82, 2.24) is 19.7 Å². The fraction of sp³-hybridized carbons (Fsp3) is 0.188. The van der Waals surface area contributed by atoms with Crippen molar-refractivity contribution in [3.05, 3.63) is 59.7 Å². The number of aromatic nitrogens is 4. The smallest absolute Gasteiger partial charge is 0.263 e. The zero-order chi connectivity index (χ0) is 17.3. The first-order chi connectivity index (χ1) is 11.3. The van der Waals surface area contributed by atoms with Crippen LogP contribution in [0.15, 0.2) is 47.4 Å². The molecule has 0 radical (unpaired) electrons. The number of nitrogens with one attached hydrogen (secondary N) is 1. The minimum Gasteiger partial charge on any atom is -0.263 e. The molecule has 2 aromatic heterocycles. The summed E-state index contributed by atoms with van der Waals surface area (Å²) in [5.74, 6) is 1.43. The molecular weight excluding hydrogens is 326 g/mol. The van der Waals surface area contributed by atoms with Gasteiger partial charge in [0, 0.05) is 17.8 Å². The quantitative estimate of drug-likeness (QED) is 0.785. The number of aryl methyl sites for hydroxylation is 3. The molecule has 0 fully saturated rings. The van der Waals surface area contributed by atoms with Crippen LogP contribution in [-0.2, 0) is 10.0 Å². The van der Waals surface area contributed by atoms with Crippen molar-refractivity contribution in [2.75, 3.05) is 4.72 Å². The van der Waals surface area contributed by atoms with E-state index in [4.69, 9.17) is 0 Å². The van der Waals surface area contributed by atoms with Crippen LogP contribution in [-0.4, -0.2) is 28.2 Å². The predicted octanol–water partition coefficient (Wildman–Crippen LogP) is 2.39. The topological polar surface area (TPSA) is 89.8 Å². The Balaban J connectivity index is 2.04. The number of sulfonamides is 1. The fourth-order valence-electron chi connectivity index (χ4n) is 2.35. The van der Waals surface area contributed by atoms with Gasteiger partial charge in [-0.05, 0) is 32.9 Å². The average molecular weight is 343 g/mol. The van der Waals surface area contributed by atoms with E-state index in [9.17, 15) is 8.42 Å². The third kappa shape index (κ3) is 3.28. The second-order valence-electron chi connectivity index (χ2n) is 5.42. The van der Waals surface area contributed by atoms with Crippen molar-refractivity contribution < 1.29 is 8.42 Å². The molecule has 7 nitrogen and oxygen atoms in total. The molecule has 24 heavy (non-hydrogen) atoms. The van der Waals surface area contributed by atoms with Crippen molar-refractivity contribution in [2.45, 2.75) is 25.7 Å². The van der Waals surface area contributed by atoms with Crippen molar-refractivity contribution in [3.8, 4) is 5.82 Å². The van der Waals surface area contributed by atoms with Crippen LogP contribution in [0.5, 0.6) is 0 Å². The van der Waals surface area contributed by atoms with Crippen molar-refractivity contribution in [2.24, 2.45) is 0 Å². The van der Waals surface area contributed by atoms with Crippen LogP contribution in [0.4, 0.5) is 5.82 Å². The van der Waals surface area contributed by atoms with Crippen molar-refractivity contribution in [1.29, 1.82) is 0 Å². The summed E-state index contributed by atoms with van der Waals surface area (Å²) in [5, 5.41) is 4.34. The third-order valence-electron chi connectivity index (χ3n) is 3.29. The minimum absolute atomic E-state index is 0.186. The van der Waals surface area contributed by atoms with Gasteiger partial charge in [0.1, 0.15) is 11.6 Å². The molecule has 1 N–H and O–H groups in total. The number of hydrogen-bond acceptors (Lipinski definition) is 5. The number of anilines is 1. The molecule has 0 bridgehead atoms.